The molecule has 3 amide bonds. The summed E-state index contributed by atoms with van der Waals surface area (Å²) in [5, 5.41) is 15.5. The van der Waals surface area contributed by atoms with Crippen LogP contribution in [0.2, 0.25) is 0 Å². The van der Waals surface area contributed by atoms with Gasteiger partial charge in [-0.2, -0.15) is 0 Å². The number of hydrogen-bond donors (Lipinski definition) is 3. The minimum atomic E-state index is -1.01. The molecule has 3 saturated heterocycles. The number of unbranched alkanes of at least 4 members (excludes halogenated alkanes) is 1. The van der Waals surface area contributed by atoms with E-state index in [0.717, 1.165) is 6.42 Å². The molecule has 3 aliphatic heterocycles. The fraction of sp³-hybridized carbons (Fsp3) is 0.679. The average molecular weight is 500 g/mol. The largest absolute Gasteiger partial charge is 0.396 e. The van der Waals surface area contributed by atoms with Crippen molar-refractivity contribution in [2.24, 2.45) is 17.3 Å². The van der Waals surface area contributed by atoms with Gasteiger partial charge in [-0.25, -0.2) is 0 Å². The number of aliphatic hydroxyl groups excluding tert-OH is 1. The molecule has 8 heteroatoms. The number of rotatable bonds is 9. The summed E-state index contributed by atoms with van der Waals surface area (Å²) in [5.41, 5.74) is -0.818. The smallest absolute Gasteiger partial charge is 0.246 e. The Morgan fingerprint density at radius 1 is 1.11 bits per heavy atom. The highest BCUT2D eigenvalue weighted by Gasteiger charge is 2.74. The molecule has 2 unspecified atom stereocenters. The zero-order chi connectivity index (χ0) is 26.3. The average Bonchev–Trinajstić information content (AvgIpc) is 3.40. The van der Waals surface area contributed by atoms with Crippen LogP contribution < -0.4 is 10.6 Å². The van der Waals surface area contributed by atoms with Gasteiger partial charge in [-0.1, -0.05) is 39.0 Å². The van der Waals surface area contributed by atoms with Crippen molar-refractivity contribution >= 4 is 23.4 Å². The standard InChI is InChI=1S/C28H41N3O5/c1-26(2,3)17-27(4,5)30-24(34)22-28-14-13-19(36-28)20(23(33)29-18-11-7-6-8-12-18)21(28)25(35)31(22)15-9-10-16-32/h6-8,11-12,19-22,32H,9-10,13-17H2,1-5H3,(H,29,33)(H,30,34)/t19-,20+,21+,22?,28?/m1/s1. The number of likely N-dealkylation sites (tertiary alicyclic amines) is 1. The van der Waals surface area contributed by atoms with Gasteiger partial charge >= 0.3 is 0 Å². The summed E-state index contributed by atoms with van der Waals surface area (Å²) in [4.78, 5) is 42.8. The van der Waals surface area contributed by atoms with Crippen LogP contribution in [0.3, 0.4) is 0 Å². The second kappa shape index (κ2) is 9.78. The van der Waals surface area contributed by atoms with Gasteiger partial charge in [0.05, 0.1) is 17.9 Å². The van der Waals surface area contributed by atoms with E-state index in [-0.39, 0.29) is 35.8 Å². The molecule has 8 nitrogen and oxygen atoms in total. The Balaban J connectivity index is 1.63. The van der Waals surface area contributed by atoms with Crippen molar-refractivity contribution in [1.82, 2.24) is 10.2 Å². The maximum atomic E-state index is 13.9. The van der Waals surface area contributed by atoms with Crippen molar-refractivity contribution < 1.29 is 24.2 Å². The summed E-state index contributed by atoms with van der Waals surface area (Å²) in [6.07, 6.45) is 2.68. The number of fused-ring (bicyclic) bond motifs is 1. The van der Waals surface area contributed by atoms with Gasteiger partial charge < -0.3 is 25.4 Å². The van der Waals surface area contributed by atoms with Gasteiger partial charge in [0.2, 0.25) is 17.7 Å². The minimum absolute atomic E-state index is 0.00679. The first-order chi connectivity index (χ1) is 16.9. The van der Waals surface area contributed by atoms with E-state index < -0.39 is 29.0 Å². The molecular formula is C28H41N3O5. The van der Waals surface area contributed by atoms with Crippen LogP contribution in [0.4, 0.5) is 5.69 Å². The maximum absolute atomic E-state index is 13.9. The molecule has 5 atom stereocenters. The van der Waals surface area contributed by atoms with Crippen LogP contribution in [0.15, 0.2) is 30.3 Å². The first kappa shape index (κ1) is 26.6. The number of benzene rings is 1. The summed E-state index contributed by atoms with van der Waals surface area (Å²) < 4.78 is 6.48. The van der Waals surface area contributed by atoms with Crippen LogP contribution in [-0.4, -0.2) is 64.2 Å². The summed E-state index contributed by atoms with van der Waals surface area (Å²) in [6, 6.07) is 8.39. The van der Waals surface area contributed by atoms with Crippen molar-refractivity contribution in [2.45, 2.75) is 90.0 Å². The number of nitrogens with one attached hydrogen (secondary N) is 2. The lowest BCUT2D eigenvalue weighted by Gasteiger charge is -2.38. The predicted molar refractivity (Wildman–Crippen MR) is 137 cm³/mol. The molecule has 0 radical (unpaired) electrons. The molecule has 3 aliphatic rings. The SMILES string of the molecule is CC(C)(C)CC(C)(C)NC(=O)C1N(CCCCO)C(=O)[C@@H]2[C@@H](C(=O)Nc3ccccc3)[C@H]3CCC12O3. The summed E-state index contributed by atoms with van der Waals surface area (Å²) in [6.45, 7) is 10.8. The Morgan fingerprint density at radius 3 is 2.44 bits per heavy atom. The highest BCUT2D eigenvalue weighted by atomic mass is 16.5. The molecule has 1 aromatic rings. The van der Waals surface area contributed by atoms with Gasteiger partial charge in [0.25, 0.3) is 0 Å². The van der Waals surface area contributed by atoms with E-state index in [9.17, 15) is 19.5 Å². The molecule has 3 heterocycles. The van der Waals surface area contributed by atoms with Gasteiger partial charge in [0.1, 0.15) is 11.6 Å². The molecular weight excluding hydrogens is 458 g/mol. The first-order valence-electron chi connectivity index (χ1n) is 13.2. The number of para-hydroxylation sites is 1. The Hall–Kier alpha value is -2.45. The van der Waals surface area contributed by atoms with Crippen molar-refractivity contribution in [2.75, 3.05) is 18.5 Å². The van der Waals surface area contributed by atoms with Crippen LogP contribution in [0.25, 0.3) is 0 Å². The van der Waals surface area contributed by atoms with Gasteiger partial charge in [-0.15, -0.1) is 0 Å². The highest BCUT2D eigenvalue weighted by Crippen LogP contribution is 2.58. The third kappa shape index (κ3) is 5.02. The number of anilines is 1. The fourth-order valence-electron chi connectivity index (χ4n) is 6.91. The number of aliphatic hydroxyl groups is 1. The van der Waals surface area contributed by atoms with Crippen LogP contribution in [0.5, 0.6) is 0 Å². The maximum Gasteiger partial charge on any atom is 0.246 e. The third-order valence-electron chi connectivity index (χ3n) is 7.63. The first-order valence-corrected chi connectivity index (χ1v) is 13.2. The van der Waals surface area contributed by atoms with Gasteiger partial charge in [-0.3, -0.25) is 14.4 Å². The summed E-state index contributed by atoms with van der Waals surface area (Å²) >= 11 is 0. The quantitative estimate of drug-likeness (QED) is 0.453. The van der Waals surface area contributed by atoms with Crippen molar-refractivity contribution in [1.29, 1.82) is 0 Å². The zero-order valence-corrected chi connectivity index (χ0v) is 22.2. The predicted octanol–water partition coefficient (Wildman–Crippen LogP) is 3.10. The van der Waals surface area contributed by atoms with Crippen LogP contribution >= 0.6 is 0 Å². The Bertz CT molecular complexity index is 989. The number of carbonyl (C=O) groups is 3. The van der Waals surface area contributed by atoms with Gasteiger partial charge in [-0.05, 0) is 63.5 Å². The normalized spacial score (nSPS) is 29.4. The minimum Gasteiger partial charge on any atom is -0.396 e. The monoisotopic (exact) mass is 499 g/mol. The van der Waals surface area contributed by atoms with E-state index in [2.05, 4.69) is 31.4 Å². The Labute approximate surface area is 214 Å². The van der Waals surface area contributed by atoms with E-state index in [4.69, 9.17) is 4.74 Å². The highest BCUT2D eigenvalue weighted by molar-refractivity contribution is 6.02. The molecule has 198 valence electrons. The lowest BCUT2D eigenvalue weighted by atomic mass is 9.70. The van der Waals surface area contributed by atoms with E-state index in [0.29, 0.717) is 37.9 Å². The molecule has 4 rings (SSSR count). The van der Waals surface area contributed by atoms with Crippen LogP contribution in [-0.2, 0) is 19.1 Å². The second-order valence-corrected chi connectivity index (χ2v) is 12.5. The number of hydrogen-bond acceptors (Lipinski definition) is 5. The van der Waals surface area contributed by atoms with E-state index in [1.54, 1.807) is 4.90 Å². The molecule has 3 fully saturated rings. The molecule has 0 aliphatic carbocycles. The summed E-state index contributed by atoms with van der Waals surface area (Å²) in [5.74, 6) is -2.01. The van der Waals surface area contributed by atoms with Gasteiger partial charge in [0, 0.05) is 24.4 Å². The lowest BCUT2D eigenvalue weighted by molar-refractivity contribution is -0.142. The van der Waals surface area contributed by atoms with E-state index in [1.807, 2.05) is 44.2 Å². The van der Waals surface area contributed by atoms with Crippen LogP contribution in [0, 0.1) is 17.3 Å². The fourth-order valence-corrected chi connectivity index (χ4v) is 6.91. The lowest BCUT2D eigenvalue weighted by Crippen LogP contribution is -2.59. The molecule has 0 aromatic heterocycles. The molecule has 36 heavy (non-hydrogen) atoms. The zero-order valence-electron chi connectivity index (χ0n) is 22.2. The number of amides is 3. The number of ether oxygens (including phenoxy) is 1. The molecule has 2 bridgehead atoms. The Kier molecular flexibility index (Phi) is 7.23. The summed E-state index contributed by atoms with van der Waals surface area (Å²) in [7, 11) is 0. The van der Waals surface area contributed by atoms with E-state index >= 15 is 0 Å². The van der Waals surface area contributed by atoms with Gasteiger partial charge in [0.15, 0.2) is 0 Å². The van der Waals surface area contributed by atoms with Crippen molar-refractivity contribution in [3.05, 3.63) is 30.3 Å². The number of nitrogens with zero attached hydrogens (tertiary/aromatic N) is 1. The Morgan fingerprint density at radius 2 is 1.81 bits per heavy atom. The topological polar surface area (TPSA) is 108 Å². The van der Waals surface area contributed by atoms with Crippen molar-refractivity contribution in [3.63, 3.8) is 0 Å². The second-order valence-electron chi connectivity index (χ2n) is 12.5. The molecule has 1 spiro atoms. The molecule has 0 saturated carbocycles. The third-order valence-corrected chi connectivity index (χ3v) is 7.63. The molecule has 3 N–H and O–H groups in total. The van der Waals surface area contributed by atoms with E-state index in [1.165, 1.54) is 0 Å². The number of carbonyl (C=O) groups excluding carboxylic acids is 3. The molecule has 1 aromatic carbocycles. The van der Waals surface area contributed by atoms with Crippen molar-refractivity contribution in [3.8, 4) is 0 Å². The van der Waals surface area contributed by atoms with Crippen LogP contribution in [0.1, 0.15) is 66.7 Å².